The van der Waals surface area contributed by atoms with Crippen molar-refractivity contribution in [3.63, 3.8) is 0 Å². The van der Waals surface area contributed by atoms with Gasteiger partial charge >= 0.3 is 0 Å². The first-order chi connectivity index (χ1) is 10.2. The van der Waals surface area contributed by atoms with E-state index in [1.54, 1.807) is 6.07 Å². The van der Waals surface area contributed by atoms with Gasteiger partial charge < -0.3 is 0 Å². The van der Waals surface area contributed by atoms with E-state index in [-0.39, 0.29) is 5.41 Å². The quantitative estimate of drug-likeness (QED) is 0.788. The van der Waals surface area contributed by atoms with Gasteiger partial charge in [-0.25, -0.2) is 13.1 Å². The molecule has 124 valence electrons. The highest BCUT2D eigenvalue weighted by molar-refractivity contribution is 9.10. The SMILES string of the molecule is CCC(C)(C)CCNS(=O)(=O)c1cc(Br)c2c(c1C)CCC2. The molecule has 2 rings (SSSR count). The molecule has 1 N–H and O–H groups in total. The van der Waals surface area contributed by atoms with Gasteiger partial charge in [0.15, 0.2) is 0 Å². The first kappa shape index (κ1) is 18.0. The highest BCUT2D eigenvalue weighted by Crippen LogP contribution is 2.35. The molecule has 0 aliphatic heterocycles. The molecule has 0 unspecified atom stereocenters. The molecule has 0 spiro atoms. The van der Waals surface area contributed by atoms with Crippen LogP contribution in [-0.4, -0.2) is 15.0 Å². The minimum atomic E-state index is -3.45. The number of hydrogen-bond acceptors (Lipinski definition) is 2. The molecule has 0 fully saturated rings. The van der Waals surface area contributed by atoms with Crippen LogP contribution in [0.2, 0.25) is 0 Å². The van der Waals surface area contributed by atoms with Crippen LogP contribution in [0.25, 0.3) is 0 Å². The van der Waals surface area contributed by atoms with Gasteiger partial charge in [-0.3, -0.25) is 0 Å². The highest BCUT2D eigenvalue weighted by Gasteiger charge is 2.25. The molecule has 0 bridgehead atoms. The summed E-state index contributed by atoms with van der Waals surface area (Å²) in [5, 5.41) is 0. The van der Waals surface area contributed by atoms with E-state index in [0.29, 0.717) is 11.4 Å². The Bertz CT molecular complexity index is 666. The summed E-state index contributed by atoms with van der Waals surface area (Å²) < 4.78 is 29.0. The fraction of sp³-hybridized carbons (Fsp3) is 0.647. The lowest BCUT2D eigenvalue weighted by Crippen LogP contribution is -2.29. The smallest absolute Gasteiger partial charge is 0.211 e. The zero-order valence-electron chi connectivity index (χ0n) is 13.9. The normalized spacial score (nSPS) is 15.1. The van der Waals surface area contributed by atoms with E-state index in [2.05, 4.69) is 41.4 Å². The van der Waals surface area contributed by atoms with Crippen LogP contribution in [0.15, 0.2) is 15.4 Å². The van der Waals surface area contributed by atoms with Gasteiger partial charge in [0.2, 0.25) is 10.0 Å². The summed E-state index contributed by atoms with van der Waals surface area (Å²) in [5.74, 6) is 0. The lowest BCUT2D eigenvalue weighted by Gasteiger charge is -2.22. The Morgan fingerprint density at radius 1 is 1.27 bits per heavy atom. The molecule has 0 heterocycles. The first-order valence-corrected chi connectivity index (χ1v) is 10.3. The largest absolute Gasteiger partial charge is 0.240 e. The Morgan fingerprint density at radius 2 is 1.91 bits per heavy atom. The minimum Gasteiger partial charge on any atom is -0.211 e. The highest BCUT2D eigenvalue weighted by atomic mass is 79.9. The molecule has 5 heteroatoms. The summed E-state index contributed by atoms with van der Waals surface area (Å²) in [6.45, 7) is 8.88. The zero-order chi connectivity index (χ0) is 16.5. The summed E-state index contributed by atoms with van der Waals surface area (Å²) in [6.07, 6.45) is 5.00. The maximum Gasteiger partial charge on any atom is 0.240 e. The predicted molar refractivity (Wildman–Crippen MR) is 94.8 cm³/mol. The number of fused-ring (bicyclic) bond motifs is 1. The predicted octanol–water partition coefficient (Wildman–Crippen LogP) is 4.35. The van der Waals surface area contributed by atoms with Crippen molar-refractivity contribution in [1.29, 1.82) is 0 Å². The maximum atomic E-state index is 12.6. The third kappa shape index (κ3) is 3.74. The Hall–Kier alpha value is -0.390. The Morgan fingerprint density at radius 3 is 2.55 bits per heavy atom. The number of sulfonamides is 1. The van der Waals surface area contributed by atoms with Crippen molar-refractivity contribution in [3.05, 3.63) is 27.2 Å². The summed E-state index contributed by atoms with van der Waals surface area (Å²) in [5.41, 5.74) is 3.57. The van der Waals surface area contributed by atoms with E-state index in [9.17, 15) is 8.42 Å². The lowest BCUT2D eigenvalue weighted by atomic mass is 9.87. The van der Waals surface area contributed by atoms with Crippen molar-refractivity contribution in [2.24, 2.45) is 5.41 Å². The molecule has 0 amide bonds. The van der Waals surface area contributed by atoms with Crippen molar-refractivity contribution >= 4 is 26.0 Å². The minimum absolute atomic E-state index is 0.163. The van der Waals surface area contributed by atoms with E-state index < -0.39 is 10.0 Å². The maximum absolute atomic E-state index is 12.6. The van der Waals surface area contributed by atoms with Gasteiger partial charge in [-0.1, -0.05) is 43.1 Å². The third-order valence-electron chi connectivity index (χ3n) is 4.93. The summed E-state index contributed by atoms with van der Waals surface area (Å²) in [7, 11) is -3.45. The Labute approximate surface area is 143 Å². The average Bonchev–Trinajstić information content (AvgIpc) is 2.92. The van der Waals surface area contributed by atoms with Crippen LogP contribution in [0.4, 0.5) is 0 Å². The van der Waals surface area contributed by atoms with Crippen LogP contribution in [0.3, 0.4) is 0 Å². The first-order valence-electron chi connectivity index (χ1n) is 7.98. The molecule has 1 aromatic rings. The lowest BCUT2D eigenvalue weighted by molar-refractivity contribution is 0.323. The number of hydrogen-bond donors (Lipinski definition) is 1. The summed E-state index contributed by atoms with van der Waals surface area (Å²) in [6, 6.07) is 1.77. The number of halogens is 1. The molecular formula is C17H26BrNO2S. The molecule has 22 heavy (non-hydrogen) atoms. The van der Waals surface area contributed by atoms with Gasteiger partial charge in [0.1, 0.15) is 0 Å². The van der Waals surface area contributed by atoms with Crippen LogP contribution in [0, 0.1) is 12.3 Å². The molecule has 3 nitrogen and oxygen atoms in total. The van der Waals surface area contributed by atoms with Crippen LogP contribution in [0.1, 0.15) is 56.7 Å². The van der Waals surface area contributed by atoms with Gasteiger partial charge in [-0.2, -0.15) is 0 Å². The van der Waals surface area contributed by atoms with Crippen LogP contribution >= 0.6 is 15.9 Å². The van der Waals surface area contributed by atoms with Gasteiger partial charge in [-0.05, 0) is 60.8 Å². The third-order valence-corrected chi connectivity index (χ3v) is 7.22. The van der Waals surface area contributed by atoms with E-state index in [4.69, 9.17) is 0 Å². The second-order valence-corrected chi connectivity index (χ2v) is 9.55. The molecule has 1 aliphatic carbocycles. The van der Waals surface area contributed by atoms with Gasteiger partial charge in [-0.15, -0.1) is 0 Å². The molecule has 0 saturated carbocycles. The van der Waals surface area contributed by atoms with Crippen molar-refractivity contribution < 1.29 is 8.42 Å². The topological polar surface area (TPSA) is 46.2 Å². The van der Waals surface area contributed by atoms with Crippen LogP contribution in [-0.2, 0) is 22.9 Å². The molecule has 0 radical (unpaired) electrons. The average molecular weight is 388 g/mol. The van der Waals surface area contributed by atoms with Crippen molar-refractivity contribution in [2.45, 2.75) is 64.7 Å². The molecular weight excluding hydrogens is 362 g/mol. The molecule has 0 aromatic heterocycles. The standard InChI is InChI=1S/C17H26BrNO2S/c1-5-17(3,4)9-10-19-22(20,21)16-11-15(18)14-8-6-7-13(14)12(16)2/h11,19H,5-10H2,1-4H3. The van der Waals surface area contributed by atoms with Gasteiger partial charge in [0, 0.05) is 11.0 Å². The Kier molecular flexibility index (Phi) is 5.40. The molecule has 1 aromatic carbocycles. The van der Waals surface area contributed by atoms with Crippen LogP contribution in [0.5, 0.6) is 0 Å². The molecule has 0 atom stereocenters. The molecule has 0 saturated heterocycles. The second-order valence-electron chi connectivity index (χ2n) is 6.96. The fourth-order valence-electron chi connectivity index (χ4n) is 2.94. The van der Waals surface area contributed by atoms with E-state index >= 15 is 0 Å². The van der Waals surface area contributed by atoms with Crippen molar-refractivity contribution in [2.75, 3.05) is 6.54 Å². The summed E-state index contributed by atoms with van der Waals surface area (Å²) in [4.78, 5) is 0.425. The Balaban J connectivity index is 2.22. The molecule has 1 aliphatic rings. The van der Waals surface area contributed by atoms with E-state index in [1.165, 1.54) is 11.1 Å². The summed E-state index contributed by atoms with van der Waals surface area (Å²) >= 11 is 3.54. The number of rotatable bonds is 6. The number of nitrogens with one attached hydrogen (secondary N) is 1. The van der Waals surface area contributed by atoms with Crippen molar-refractivity contribution in [3.8, 4) is 0 Å². The zero-order valence-corrected chi connectivity index (χ0v) is 16.3. The van der Waals surface area contributed by atoms with Gasteiger partial charge in [0.05, 0.1) is 4.90 Å². The van der Waals surface area contributed by atoms with Crippen molar-refractivity contribution in [1.82, 2.24) is 4.72 Å². The van der Waals surface area contributed by atoms with Crippen LogP contribution < -0.4 is 4.72 Å². The number of benzene rings is 1. The van der Waals surface area contributed by atoms with E-state index in [0.717, 1.165) is 42.1 Å². The van der Waals surface area contributed by atoms with E-state index in [1.807, 2.05) is 6.92 Å². The fourth-order valence-corrected chi connectivity index (χ4v) is 5.08. The second kappa shape index (κ2) is 6.62. The van der Waals surface area contributed by atoms with Gasteiger partial charge in [0.25, 0.3) is 0 Å². The monoisotopic (exact) mass is 387 g/mol.